The molecule has 2 aromatic rings. The first-order chi connectivity index (χ1) is 13.8. The lowest BCUT2D eigenvalue weighted by Gasteiger charge is -2.25. The minimum absolute atomic E-state index is 0.135. The van der Waals surface area contributed by atoms with E-state index in [1.807, 2.05) is 11.8 Å². The maximum atomic E-state index is 15.3. The number of nitrogens with zero attached hydrogens (tertiary/aromatic N) is 2. The number of rotatable bonds is 3. The van der Waals surface area contributed by atoms with Crippen LogP contribution in [0.1, 0.15) is 49.0 Å². The lowest BCUT2D eigenvalue weighted by molar-refractivity contribution is 0.0694. The third-order valence-corrected chi connectivity index (χ3v) is 6.80. The molecule has 1 saturated carbocycles. The number of aromatic nitrogens is 1. The van der Waals surface area contributed by atoms with Gasteiger partial charge in [0.2, 0.25) is 0 Å². The Balaban J connectivity index is 1.72. The summed E-state index contributed by atoms with van der Waals surface area (Å²) in [6.45, 7) is 3.51. The molecule has 0 unspecified atom stereocenters. The van der Waals surface area contributed by atoms with Crippen LogP contribution in [0.2, 0.25) is 0 Å². The Bertz CT molecular complexity index is 1090. The van der Waals surface area contributed by atoms with Crippen LogP contribution in [-0.4, -0.2) is 40.9 Å². The van der Waals surface area contributed by atoms with E-state index in [1.54, 1.807) is 0 Å². The van der Waals surface area contributed by atoms with Crippen molar-refractivity contribution in [2.75, 3.05) is 24.6 Å². The predicted molar refractivity (Wildman–Crippen MR) is 106 cm³/mol. The van der Waals surface area contributed by atoms with Gasteiger partial charge in [-0.15, -0.1) is 0 Å². The second kappa shape index (κ2) is 6.19. The fourth-order valence-corrected chi connectivity index (χ4v) is 4.88. The number of hydrogen-bond acceptors (Lipinski definition) is 5. The molecule has 3 heterocycles. The molecule has 154 valence electrons. The van der Waals surface area contributed by atoms with Crippen LogP contribution in [0.4, 0.5) is 10.1 Å². The van der Waals surface area contributed by atoms with Gasteiger partial charge < -0.3 is 25.0 Å². The Morgan fingerprint density at radius 3 is 2.79 bits per heavy atom. The zero-order valence-electron chi connectivity index (χ0n) is 16.3. The number of aromatic carboxylic acids is 1. The van der Waals surface area contributed by atoms with Gasteiger partial charge in [0.1, 0.15) is 11.3 Å². The van der Waals surface area contributed by atoms with Crippen molar-refractivity contribution in [2.24, 2.45) is 11.7 Å². The minimum Gasteiger partial charge on any atom is -0.489 e. The summed E-state index contributed by atoms with van der Waals surface area (Å²) in [5.41, 5.74) is 6.13. The molecular weight excluding hydrogens is 377 g/mol. The van der Waals surface area contributed by atoms with Crippen LogP contribution in [0.5, 0.6) is 5.75 Å². The lowest BCUT2D eigenvalue weighted by atomic mass is 9.97. The molecule has 2 atom stereocenters. The molecule has 3 N–H and O–H groups in total. The second-order valence-corrected chi connectivity index (χ2v) is 8.66. The Labute approximate surface area is 166 Å². The number of carbonyl (C=O) groups is 1. The van der Waals surface area contributed by atoms with Crippen molar-refractivity contribution < 1.29 is 19.0 Å². The highest BCUT2D eigenvalue weighted by Crippen LogP contribution is 2.47. The molecule has 1 aromatic heterocycles. The predicted octanol–water partition coefficient (Wildman–Crippen LogP) is 2.50. The summed E-state index contributed by atoms with van der Waals surface area (Å²) in [4.78, 5) is 26.5. The summed E-state index contributed by atoms with van der Waals surface area (Å²) < 4.78 is 22.7. The van der Waals surface area contributed by atoms with E-state index in [2.05, 4.69) is 0 Å². The second-order valence-electron chi connectivity index (χ2n) is 8.66. The Kier molecular flexibility index (Phi) is 3.93. The molecule has 0 amide bonds. The number of carboxylic acid groups (broad SMARTS) is 1. The normalized spacial score (nSPS) is 25.0. The van der Waals surface area contributed by atoms with E-state index in [0.717, 1.165) is 19.3 Å². The van der Waals surface area contributed by atoms with Crippen LogP contribution in [0.3, 0.4) is 0 Å². The maximum Gasteiger partial charge on any atom is 0.341 e. The van der Waals surface area contributed by atoms with Crippen molar-refractivity contribution in [1.29, 1.82) is 0 Å². The fraction of sp³-hybridized carbons (Fsp3) is 0.524. The van der Waals surface area contributed by atoms with Crippen molar-refractivity contribution in [3.8, 4) is 5.75 Å². The van der Waals surface area contributed by atoms with Crippen molar-refractivity contribution >= 4 is 22.6 Å². The number of carboxylic acids is 1. The average molecular weight is 401 g/mol. The highest BCUT2D eigenvalue weighted by atomic mass is 19.1. The largest absolute Gasteiger partial charge is 0.489 e. The molecule has 0 radical (unpaired) electrons. The molecule has 2 aliphatic heterocycles. The number of pyridine rings is 1. The van der Waals surface area contributed by atoms with Crippen LogP contribution in [0.25, 0.3) is 10.9 Å². The van der Waals surface area contributed by atoms with Gasteiger partial charge in [-0.25, -0.2) is 9.18 Å². The van der Waals surface area contributed by atoms with Gasteiger partial charge in [-0.05, 0) is 44.2 Å². The van der Waals surface area contributed by atoms with E-state index in [9.17, 15) is 14.7 Å². The van der Waals surface area contributed by atoms with Crippen LogP contribution >= 0.6 is 0 Å². The smallest absolute Gasteiger partial charge is 0.341 e. The first-order valence-electron chi connectivity index (χ1n) is 10.1. The number of nitrogens with two attached hydrogens (primary N) is 1. The lowest BCUT2D eigenvalue weighted by Crippen LogP contribution is -2.34. The van der Waals surface area contributed by atoms with Crippen LogP contribution < -0.4 is 20.9 Å². The zero-order chi connectivity index (χ0) is 20.5. The summed E-state index contributed by atoms with van der Waals surface area (Å²) in [6, 6.07) is 2.31. The van der Waals surface area contributed by atoms with Crippen LogP contribution in [0, 0.1) is 11.7 Å². The Morgan fingerprint density at radius 2 is 2.10 bits per heavy atom. The minimum atomic E-state index is -1.32. The van der Waals surface area contributed by atoms with Crippen molar-refractivity contribution in [2.45, 2.75) is 44.2 Å². The summed E-state index contributed by atoms with van der Waals surface area (Å²) in [6.07, 6.45) is 3.44. The van der Waals surface area contributed by atoms with Crippen LogP contribution in [0.15, 0.2) is 16.9 Å². The molecule has 1 aromatic carbocycles. The van der Waals surface area contributed by atoms with E-state index in [4.69, 9.17) is 10.5 Å². The topological polar surface area (TPSA) is 97.8 Å². The summed E-state index contributed by atoms with van der Waals surface area (Å²) >= 11 is 0. The Morgan fingerprint density at radius 1 is 1.34 bits per heavy atom. The van der Waals surface area contributed by atoms with Gasteiger partial charge in [0.25, 0.3) is 5.56 Å². The highest BCUT2D eigenvalue weighted by molar-refractivity contribution is 5.97. The maximum absolute atomic E-state index is 15.3. The molecule has 3 aliphatic rings. The SMILES string of the molecule is C[C@H]1CCOc2c(N3CC[C@@H](C4(N)CC4)C3)c(F)cc3cc(C(=O)O)c(=O)n1c23. The van der Waals surface area contributed by atoms with Gasteiger partial charge in [0.05, 0.1) is 12.1 Å². The molecule has 5 rings (SSSR count). The monoisotopic (exact) mass is 401 g/mol. The van der Waals surface area contributed by atoms with E-state index in [1.165, 1.54) is 16.7 Å². The summed E-state index contributed by atoms with van der Waals surface area (Å²) in [5, 5.41) is 9.80. The molecule has 2 fully saturated rings. The number of benzene rings is 1. The molecule has 8 heteroatoms. The van der Waals surface area contributed by atoms with Gasteiger partial charge in [-0.2, -0.15) is 0 Å². The molecule has 1 saturated heterocycles. The van der Waals surface area contributed by atoms with Crippen LogP contribution in [-0.2, 0) is 0 Å². The quantitative estimate of drug-likeness (QED) is 0.820. The van der Waals surface area contributed by atoms with E-state index >= 15 is 4.39 Å². The molecular formula is C21H24FN3O4. The summed E-state index contributed by atoms with van der Waals surface area (Å²) in [5.74, 6) is -1.14. The molecule has 7 nitrogen and oxygen atoms in total. The number of ether oxygens (including phenoxy) is 1. The third-order valence-electron chi connectivity index (χ3n) is 6.80. The van der Waals surface area contributed by atoms with Gasteiger partial charge >= 0.3 is 5.97 Å². The molecule has 1 aliphatic carbocycles. The number of halogens is 1. The number of anilines is 1. The summed E-state index contributed by atoms with van der Waals surface area (Å²) in [7, 11) is 0. The average Bonchev–Trinajstić information content (AvgIpc) is 3.27. The zero-order valence-corrected chi connectivity index (χ0v) is 16.3. The molecule has 0 bridgehead atoms. The van der Waals surface area contributed by atoms with Gasteiger partial charge in [0, 0.05) is 36.5 Å². The van der Waals surface area contributed by atoms with E-state index < -0.39 is 17.3 Å². The first-order valence-corrected chi connectivity index (χ1v) is 10.1. The van der Waals surface area contributed by atoms with E-state index in [-0.39, 0.29) is 17.1 Å². The standard InChI is InChI=1S/C21H24FN3O4/c1-11-3-7-29-18-16-12(8-14(20(27)28)19(26)25(11)16)9-15(22)17(18)24-6-2-13(10-24)21(23)4-5-21/h8-9,11,13H,2-7,10,23H2,1H3,(H,27,28)/t11-,13+/m0/s1. The van der Waals surface area contributed by atoms with Crippen molar-refractivity contribution in [1.82, 2.24) is 4.57 Å². The fourth-order valence-electron chi connectivity index (χ4n) is 4.88. The van der Waals surface area contributed by atoms with Crippen molar-refractivity contribution in [3.05, 3.63) is 33.9 Å². The number of hydrogen-bond donors (Lipinski definition) is 2. The van der Waals surface area contributed by atoms with Crippen molar-refractivity contribution in [3.63, 3.8) is 0 Å². The molecule has 29 heavy (non-hydrogen) atoms. The van der Waals surface area contributed by atoms with E-state index in [0.29, 0.717) is 54.4 Å². The first kappa shape index (κ1) is 18.4. The van der Waals surface area contributed by atoms with Gasteiger partial charge in [0.15, 0.2) is 11.6 Å². The molecule has 0 spiro atoms. The van der Waals surface area contributed by atoms with Gasteiger partial charge in [-0.1, -0.05) is 0 Å². The highest BCUT2D eigenvalue weighted by Gasteiger charge is 2.48. The third kappa shape index (κ3) is 2.73. The van der Waals surface area contributed by atoms with Gasteiger partial charge in [-0.3, -0.25) is 4.79 Å². The Hall–Kier alpha value is -2.61.